The van der Waals surface area contributed by atoms with E-state index in [1.54, 1.807) is 18.6 Å². The van der Waals surface area contributed by atoms with Crippen molar-refractivity contribution in [2.75, 3.05) is 24.4 Å². The van der Waals surface area contributed by atoms with E-state index in [4.69, 9.17) is 10.5 Å². The summed E-state index contributed by atoms with van der Waals surface area (Å²) >= 11 is -1.58. The van der Waals surface area contributed by atoms with Gasteiger partial charge in [-0.25, -0.2) is 9.19 Å². The first kappa shape index (κ1) is 24.5. The number of carbonyl (C=O) groups is 1. The van der Waals surface area contributed by atoms with E-state index in [-0.39, 0.29) is 17.7 Å². The maximum atomic E-state index is 13.2. The van der Waals surface area contributed by atoms with Crippen molar-refractivity contribution in [3.05, 3.63) is 72.3 Å². The van der Waals surface area contributed by atoms with Gasteiger partial charge in [-0.2, -0.15) is 4.40 Å². The number of imidazole rings is 1. The number of nitrogens with two attached hydrogens (primary N) is 1. The van der Waals surface area contributed by atoms with Crippen LogP contribution < -0.4 is 15.2 Å². The molecular weight excluding hydrogens is 464 g/mol. The summed E-state index contributed by atoms with van der Waals surface area (Å²) in [5.74, 6) is 0.992. The van der Waals surface area contributed by atoms with Crippen molar-refractivity contribution in [3.8, 4) is 11.4 Å². The van der Waals surface area contributed by atoms with Gasteiger partial charge in [0.1, 0.15) is 11.6 Å². The van der Waals surface area contributed by atoms with Crippen LogP contribution >= 0.6 is 0 Å². The van der Waals surface area contributed by atoms with Crippen LogP contribution in [0.2, 0.25) is 0 Å². The highest BCUT2D eigenvalue weighted by molar-refractivity contribution is 7.85. The van der Waals surface area contributed by atoms with Crippen molar-refractivity contribution < 1.29 is 13.7 Å². The number of piperidine rings is 1. The molecule has 5 rings (SSSR count). The van der Waals surface area contributed by atoms with Crippen LogP contribution in [0.4, 0.5) is 5.69 Å². The highest BCUT2D eigenvalue weighted by Crippen LogP contribution is 2.30. The van der Waals surface area contributed by atoms with E-state index in [0.29, 0.717) is 35.7 Å². The third-order valence-electron chi connectivity index (χ3n) is 5.84. The number of anilines is 1. The van der Waals surface area contributed by atoms with Crippen LogP contribution in [-0.2, 0) is 11.2 Å². The summed E-state index contributed by atoms with van der Waals surface area (Å²) in [5.41, 5.74) is 8.81. The Hall–Kier alpha value is -3.66. The lowest BCUT2D eigenvalue weighted by Crippen LogP contribution is -2.41. The van der Waals surface area contributed by atoms with Crippen LogP contribution in [0.25, 0.3) is 5.69 Å². The standard InChI is InChI=1S/C23H24N6O3S.C2H6/c24-22-21-19(26-33(31)27-22)7-2-8-20(21)32-14-16-4-3-10-28(13-16)23(30)17-5-1-6-18(12-17)29-11-9-25-15-29;1-2/h1-2,5-9,11-12,15-16,26H,3-4,10,13-14H2,(H2,24,27);1-2H3. The summed E-state index contributed by atoms with van der Waals surface area (Å²) in [6, 6.07) is 13.0. The molecule has 1 saturated heterocycles. The normalized spacial score (nSPS) is 18.9. The number of fused-ring (bicyclic) bond motifs is 1. The van der Waals surface area contributed by atoms with Gasteiger partial charge in [-0.1, -0.05) is 26.0 Å². The average molecular weight is 495 g/mol. The molecule has 184 valence electrons. The number of benzene rings is 2. The molecule has 3 N–H and O–H groups in total. The molecule has 1 aromatic heterocycles. The predicted molar refractivity (Wildman–Crippen MR) is 138 cm³/mol. The fourth-order valence-electron chi connectivity index (χ4n) is 4.24. The van der Waals surface area contributed by atoms with Gasteiger partial charge in [0.15, 0.2) is 0 Å². The van der Waals surface area contributed by atoms with Crippen LogP contribution in [0, 0.1) is 5.92 Å². The number of hydrogen-bond acceptors (Lipinski definition) is 5. The quantitative estimate of drug-likeness (QED) is 0.563. The zero-order chi connectivity index (χ0) is 24.8. The lowest BCUT2D eigenvalue weighted by atomic mass is 9.98. The third-order valence-corrected chi connectivity index (χ3v) is 6.59. The minimum absolute atomic E-state index is 0.0156. The molecule has 0 aliphatic carbocycles. The van der Waals surface area contributed by atoms with Crippen LogP contribution in [0.5, 0.6) is 5.75 Å². The molecule has 9 nitrogen and oxygen atoms in total. The largest absolute Gasteiger partial charge is 0.492 e. The molecule has 0 bridgehead atoms. The highest BCUT2D eigenvalue weighted by Gasteiger charge is 2.26. The Balaban J connectivity index is 0.00000141. The number of carbonyl (C=O) groups excluding carboxylic acids is 1. The Bertz CT molecular complexity index is 1230. The number of nitrogens with one attached hydrogen (secondary N) is 1. The van der Waals surface area contributed by atoms with Gasteiger partial charge in [-0.15, -0.1) is 0 Å². The molecule has 2 aromatic carbocycles. The molecule has 35 heavy (non-hydrogen) atoms. The Kier molecular flexibility index (Phi) is 7.81. The number of amides is 1. The van der Waals surface area contributed by atoms with E-state index in [0.717, 1.165) is 25.1 Å². The van der Waals surface area contributed by atoms with Crippen molar-refractivity contribution in [3.63, 3.8) is 0 Å². The second-order valence-electron chi connectivity index (χ2n) is 8.10. The predicted octanol–water partition coefficient (Wildman–Crippen LogP) is 3.54. The fraction of sp³-hybridized carbons (Fsp3) is 0.320. The summed E-state index contributed by atoms with van der Waals surface area (Å²) in [5, 5.41) is 0. The van der Waals surface area contributed by atoms with E-state index < -0.39 is 11.2 Å². The van der Waals surface area contributed by atoms with Gasteiger partial charge >= 0.3 is 0 Å². The van der Waals surface area contributed by atoms with E-state index in [9.17, 15) is 9.00 Å². The number of hydrogen-bond donors (Lipinski definition) is 2. The van der Waals surface area contributed by atoms with Gasteiger partial charge in [0.05, 0.1) is 24.2 Å². The Morgan fingerprint density at radius 2 is 2.09 bits per heavy atom. The average Bonchev–Trinajstić information content (AvgIpc) is 3.43. The molecule has 2 unspecified atom stereocenters. The summed E-state index contributed by atoms with van der Waals surface area (Å²) in [6.45, 7) is 5.79. The summed E-state index contributed by atoms with van der Waals surface area (Å²) in [6.07, 6.45) is 7.16. The van der Waals surface area contributed by atoms with Crippen molar-refractivity contribution in [2.24, 2.45) is 16.0 Å². The highest BCUT2D eigenvalue weighted by atomic mass is 32.2. The van der Waals surface area contributed by atoms with Gasteiger partial charge in [-0.05, 0) is 43.2 Å². The smallest absolute Gasteiger partial charge is 0.253 e. The molecule has 2 atom stereocenters. The first-order valence-electron chi connectivity index (χ1n) is 11.7. The van der Waals surface area contributed by atoms with E-state index in [2.05, 4.69) is 14.1 Å². The summed E-state index contributed by atoms with van der Waals surface area (Å²) in [4.78, 5) is 19.2. The van der Waals surface area contributed by atoms with Gasteiger partial charge in [-0.3, -0.25) is 9.52 Å². The van der Waals surface area contributed by atoms with E-state index in [1.165, 1.54) is 0 Å². The van der Waals surface area contributed by atoms with Gasteiger partial charge < -0.3 is 19.9 Å². The SMILES string of the molecule is CC.NC1=NS(=O)Nc2cccc(OCC3CCCN(C(=O)c4cccc(-n5ccnc5)c4)C3)c21. The molecule has 1 fully saturated rings. The molecular formula is C25H30N6O3S. The molecule has 0 radical (unpaired) electrons. The van der Waals surface area contributed by atoms with Crippen LogP contribution in [0.1, 0.15) is 42.6 Å². The second kappa shape index (κ2) is 11.2. The molecule has 0 saturated carbocycles. The zero-order valence-electron chi connectivity index (χ0n) is 19.9. The number of nitrogens with zero attached hydrogens (tertiary/aromatic N) is 4. The van der Waals surface area contributed by atoms with Crippen LogP contribution in [0.3, 0.4) is 0 Å². The van der Waals surface area contributed by atoms with Crippen molar-refractivity contribution in [1.29, 1.82) is 0 Å². The summed E-state index contributed by atoms with van der Waals surface area (Å²) < 4.78 is 26.4. The molecule has 0 spiro atoms. The van der Waals surface area contributed by atoms with Crippen molar-refractivity contribution >= 4 is 28.6 Å². The number of aromatic nitrogens is 2. The molecule has 2 aliphatic rings. The molecule has 2 aliphatic heterocycles. The van der Waals surface area contributed by atoms with E-state index in [1.807, 2.05) is 65.9 Å². The minimum atomic E-state index is -1.58. The summed E-state index contributed by atoms with van der Waals surface area (Å²) in [7, 11) is 0. The maximum Gasteiger partial charge on any atom is 0.253 e. The maximum absolute atomic E-state index is 13.2. The lowest BCUT2D eigenvalue weighted by molar-refractivity contribution is 0.0633. The van der Waals surface area contributed by atoms with Crippen LogP contribution in [-0.4, -0.2) is 50.1 Å². The molecule has 3 aromatic rings. The number of ether oxygens (including phenoxy) is 1. The van der Waals surface area contributed by atoms with Crippen molar-refractivity contribution in [1.82, 2.24) is 14.5 Å². The van der Waals surface area contributed by atoms with Gasteiger partial charge in [0, 0.05) is 42.7 Å². The number of rotatable bonds is 5. The first-order valence-corrected chi connectivity index (χ1v) is 12.9. The van der Waals surface area contributed by atoms with Gasteiger partial charge in [0.25, 0.3) is 5.91 Å². The third kappa shape index (κ3) is 5.54. The number of amidine groups is 1. The second-order valence-corrected chi connectivity index (χ2v) is 8.98. The molecule has 10 heteroatoms. The van der Waals surface area contributed by atoms with Crippen LogP contribution in [0.15, 0.2) is 65.6 Å². The van der Waals surface area contributed by atoms with E-state index >= 15 is 0 Å². The monoisotopic (exact) mass is 494 g/mol. The first-order chi connectivity index (χ1) is 17.1. The molecule has 3 heterocycles. The Labute approximate surface area is 207 Å². The molecule has 1 amide bonds. The lowest BCUT2D eigenvalue weighted by Gasteiger charge is -2.33. The Morgan fingerprint density at radius 1 is 1.26 bits per heavy atom. The number of likely N-dealkylation sites (tertiary alicyclic amines) is 1. The van der Waals surface area contributed by atoms with Gasteiger partial charge in [0.2, 0.25) is 11.2 Å². The zero-order valence-corrected chi connectivity index (χ0v) is 20.7. The minimum Gasteiger partial charge on any atom is -0.492 e. The fourth-order valence-corrected chi connectivity index (χ4v) is 4.91. The van der Waals surface area contributed by atoms with Crippen molar-refractivity contribution in [2.45, 2.75) is 26.7 Å². The topological polar surface area (TPSA) is 115 Å². The Morgan fingerprint density at radius 3 is 2.89 bits per heavy atom.